The highest BCUT2D eigenvalue weighted by atomic mass is 79.9. The Labute approximate surface area is 109 Å². The number of carbonyl (C=O) groups excluding carboxylic acids is 1. The van der Waals surface area contributed by atoms with Crippen LogP contribution in [-0.4, -0.2) is 10.9 Å². The standard InChI is InChI=1S/C11H13BrN2OS/c1-6-5-8(3-4-9(6)12)14-11(15)7(2)10(13)16/h3-5,7H,1-2H3,(H2,13,16)(H,14,15). The molecule has 0 spiro atoms. The molecule has 0 aliphatic carbocycles. The summed E-state index contributed by atoms with van der Waals surface area (Å²) in [6.07, 6.45) is 0. The fraction of sp³-hybridized carbons (Fsp3) is 0.273. The third kappa shape index (κ3) is 3.28. The molecule has 3 N–H and O–H groups in total. The van der Waals surface area contributed by atoms with Gasteiger partial charge in [-0.05, 0) is 37.6 Å². The van der Waals surface area contributed by atoms with Gasteiger partial charge < -0.3 is 11.1 Å². The van der Waals surface area contributed by atoms with Crippen molar-refractivity contribution in [3.05, 3.63) is 28.2 Å². The van der Waals surface area contributed by atoms with Crippen molar-refractivity contribution >= 4 is 44.7 Å². The summed E-state index contributed by atoms with van der Waals surface area (Å²) in [6.45, 7) is 3.64. The molecule has 1 atom stereocenters. The molecular formula is C11H13BrN2OS. The van der Waals surface area contributed by atoms with E-state index in [1.807, 2.05) is 25.1 Å². The Bertz CT molecular complexity index is 434. The van der Waals surface area contributed by atoms with Gasteiger partial charge in [0.25, 0.3) is 0 Å². The number of carbonyl (C=O) groups is 1. The zero-order chi connectivity index (χ0) is 12.3. The van der Waals surface area contributed by atoms with Gasteiger partial charge in [-0.1, -0.05) is 28.1 Å². The van der Waals surface area contributed by atoms with E-state index in [1.54, 1.807) is 6.92 Å². The summed E-state index contributed by atoms with van der Waals surface area (Å²) in [6, 6.07) is 5.59. The van der Waals surface area contributed by atoms with Crippen LogP contribution in [0, 0.1) is 12.8 Å². The quantitative estimate of drug-likeness (QED) is 0.844. The van der Waals surface area contributed by atoms with Crippen molar-refractivity contribution in [3.8, 4) is 0 Å². The fourth-order valence-electron chi connectivity index (χ4n) is 1.10. The van der Waals surface area contributed by atoms with E-state index in [2.05, 4.69) is 21.2 Å². The van der Waals surface area contributed by atoms with Crippen LogP contribution in [0.15, 0.2) is 22.7 Å². The molecule has 0 radical (unpaired) electrons. The van der Waals surface area contributed by atoms with E-state index in [0.29, 0.717) is 0 Å². The molecule has 5 heteroatoms. The molecule has 1 amide bonds. The van der Waals surface area contributed by atoms with Crippen molar-refractivity contribution < 1.29 is 4.79 Å². The molecule has 16 heavy (non-hydrogen) atoms. The van der Waals surface area contributed by atoms with E-state index in [4.69, 9.17) is 18.0 Å². The van der Waals surface area contributed by atoms with Crippen molar-refractivity contribution in [2.24, 2.45) is 11.7 Å². The van der Waals surface area contributed by atoms with Gasteiger partial charge in [0.15, 0.2) is 0 Å². The van der Waals surface area contributed by atoms with Crippen LogP contribution in [0.2, 0.25) is 0 Å². The normalized spacial score (nSPS) is 11.9. The highest BCUT2D eigenvalue weighted by molar-refractivity contribution is 9.10. The predicted molar refractivity (Wildman–Crippen MR) is 73.5 cm³/mol. The smallest absolute Gasteiger partial charge is 0.234 e. The van der Waals surface area contributed by atoms with E-state index in [9.17, 15) is 4.79 Å². The van der Waals surface area contributed by atoms with Crippen LogP contribution in [0.4, 0.5) is 5.69 Å². The molecule has 0 fully saturated rings. The third-order valence-corrected chi connectivity index (χ3v) is 3.49. The first-order valence-electron chi connectivity index (χ1n) is 4.78. The summed E-state index contributed by atoms with van der Waals surface area (Å²) in [5, 5.41) is 2.76. The van der Waals surface area contributed by atoms with Gasteiger partial charge in [0.1, 0.15) is 0 Å². The molecule has 0 saturated heterocycles. The van der Waals surface area contributed by atoms with Crippen molar-refractivity contribution in [1.82, 2.24) is 0 Å². The lowest BCUT2D eigenvalue weighted by atomic mass is 10.1. The predicted octanol–water partition coefficient (Wildman–Crippen LogP) is 2.62. The Balaban J connectivity index is 2.77. The second kappa shape index (κ2) is 5.41. The van der Waals surface area contributed by atoms with Crippen LogP contribution in [-0.2, 0) is 4.79 Å². The van der Waals surface area contributed by atoms with Crippen molar-refractivity contribution in [2.75, 3.05) is 5.32 Å². The monoisotopic (exact) mass is 300 g/mol. The lowest BCUT2D eigenvalue weighted by molar-refractivity contribution is -0.117. The van der Waals surface area contributed by atoms with E-state index in [-0.39, 0.29) is 10.9 Å². The summed E-state index contributed by atoms with van der Waals surface area (Å²) in [7, 11) is 0. The molecular weight excluding hydrogens is 288 g/mol. The van der Waals surface area contributed by atoms with E-state index in [0.717, 1.165) is 15.7 Å². The van der Waals surface area contributed by atoms with Crippen LogP contribution in [0.5, 0.6) is 0 Å². The first-order chi connectivity index (χ1) is 7.41. The fourth-order valence-corrected chi connectivity index (χ4v) is 1.46. The average Bonchev–Trinajstić information content (AvgIpc) is 2.22. The number of halogens is 1. The highest BCUT2D eigenvalue weighted by Crippen LogP contribution is 2.20. The second-order valence-electron chi connectivity index (χ2n) is 3.58. The Morgan fingerprint density at radius 3 is 2.69 bits per heavy atom. The maximum atomic E-state index is 11.7. The molecule has 0 aliphatic heterocycles. The number of rotatable bonds is 3. The molecule has 1 aromatic rings. The maximum Gasteiger partial charge on any atom is 0.234 e. The van der Waals surface area contributed by atoms with Crippen LogP contribution < -0.4 is 11.1 Å². The summed E-state index contributed by atoms with van der Waals surface area (Å²) < 4.78 is 1.01. The van der Waals surface area contributed by atoms with Gasteiger partial charge in [-0.25, -0.2) is 0 Å². The highest BCUT2D eigenvalue weighted by Gasteiger charge is 2.15. The van der Waals surface area contributed by atoms with Gasteiger partial charge in [0, 0.05) is 10.2 Å². The Hall–Kier alpha value is -0.940. The van der Waals surface area contributed by atoms with Crippen LogP contribution >= 0.6 is 28.1 Å². The van der Waals surface area contributed by atoms with Crippen LogP contribution in [0.1, 0.15) is 12.5 Å². The number of nitrogens with one attached hydrogen (secondary N) is 1. The van der Waals surface area contributed by atoms with E-state index in [1.165, 1.54) is 0 Å². The Morgan fingerprint density at radius 2 is 2.19 bits per heavy atom. The molecule has 1 unspecified atom stereocenters. The van der Waals surface area contributed by atoms with Crippen molar-refractivity contribution in [2.45, 2.75) is 13.8 Å². The molecule has 86 valence electrons. The number of benzene rings is 1. The minimum absolute atomic E-state index is 0.186. The molecule has 0 heterocycles. The number of thiocarbonyl (C=S) groups is 1. The van der Waals surface area contributed by atoms with Crippen LogP contribution in [0.25, 0.3) is 0 Å². The largest absolute Gasteiger partial charge is 0.393 e. The molecule has 3 nitrogen and oxygen atoms in total. The third-order valence-electron chi connectivity index (χ3n) is 2.25. The zero-order valence-electron chi connectivity index (χ0n) is 9.08. The topological polar surface area (TPSA) is 55.1 Å². The van der Waals surface area contributed by atoms with E-state index >= 15 is 0 Å². The Morgan fingerprint density at radius 1 is 1.56 bits per heavy atom. The molecule has 1 rings (SSSR count). The Kier molecular flexibility index (Phi) is 4.44. The minimum Gasteiger partial charge on any atom is -0.393 e. The van der Waals surface area contributed by atoms with Crippen molar-refractivity contribution in [3.63, 3.8) is 0 Å². The maximum absolute atomic E-state index is 11.7. The number of aryl methyl sites for hydroxylation is 1. The van der Waals surface area contributed by atoms with E-state index < -0.39 is 5.92 Å². The number of amides is 1. The van der Waals surface area contributed by atoms with Crippen LogP contribution in [0.3, 0.4) is 0 Å². The number of nitrogens with two attached hydrogens (primary N) is 1. The van der Waals surface area contributed by atoms with Gasteiger partial charge in [-0.3, -0.25) is 4.79 Å². The first-order valence-corrected chi connectivity index (χ1v) is 5.98. The minimum atomic E-state index is -0.459. The number of anilines is 1. The van der Waals surface area contributed by atoms with Gasteiger partial charge in [-0.15, -0.1) is 0 Å². The molecule has 0 aliphatic rings. The second-order valence-corrected chi connectivity index (χ2v) is 4.90. The van der Waals surface area contributed by atoms with Gasteiger partial charge >= 0.3 is 0 Å². The molecule has 0 saturated carbocycles. The van der Waals surface area contributed by atoms with Crippen molar-refractivity contribution in [1.29, 1.82) is 0 Å². The lowest BCUT2D eigenvalue weighted by Crippen LogP contribution is -2.30. The molecule has 0 bridgehead atoms. The zero-order valence-corrected chi connectivity index (χ0v) is 11.5. The van der Waals surface area contributed by atoms with Gasteiger partial charge in [-0.2, -0.15) is 0 Å². The SMILES string of the molecule is Cc1cc(NC(=O)C(C)C(N)=S)ccc1Br. The summed E-state index contributed by atoms with van der Waals surface area (Å²) in [5.41, 5.74) is 7.21. The summed E-state index contributed by atoms with van der Waals surface area (Å²) >= 11 is 8.16. The van der Waals surface area contributed by atoms with Gasteiger partial charge in [0.2, 0.25) is 5.91 Å². The molecule has 1 aromatic carbocycles. The number of hydrogen-bond acceptors (Lipinski definition) is 2. The summed E-state index contributed by atoms with van der Waals surface area (Å²) in [4.78, 5) is 11.9. The first kappa shape index (κ1) is 13.1. The molecule has 0 aromatic heterocycles. The number of hydrogen-bond donors (Lipinski definition) is 2. The summed E-state index contributed by atoms with van der Waals surface area (Å²) in [5.74, 6) is -0.645. The lowest BCUT2D eigenvalue weighted by Gasteiger charge is -2.11. The average molecular weight is 301 g/mol. The van der Waals surface area contributed by atoms with Gasteiger partial charge in [0.05, 0.1) is 10.9 Å².